The number of halogens is 1. The smallest absolute Gasteiger partial charge is 0.184 e. The monoisotopic (exact) mass is 217 g/mol. The molecule has 1 aliphatic rings. The lowest BCUT2D eigenvalue weighted by Gasteiger charge is -2.11. The van der Waals surface area contributed by atoms with Gasteiger partial charge in [-0.3, -0.25) is 0 Å². The van der Waals surface area contributed by atoms with Gasteiger partial charge in [-0.05, 0) is 24.1 Å². The molecule has 0 fully saturated rings. The number of nitrogens with one attached hydrogen (secondary N) is 1. The van der Waals surface area contributed by atoms with E-state index in [1.807, 2.05) is 18.2 Å². The van der Waals surface area contributed by atoms with Crippen LogP contribution in [0.2, 0.25) is 0 Å². The summed E-state index contributed by atoms with van der Waals surface area (Å²) in [6.07, 6.45) is 1.28. The SMILES string of the molecule is FC(c1ccco1)c1cccc2c1NCC2. The molecular weight excluding hydrogens is 205 g/mol. The van der Waals surface area contributed by atoms with Crippen molar-refractivity contribution in [3.8, 4) is 0 Å². The van der Waals surface area contributed by atoms with E-state index >= 15 is 0 Å². The van der Waals surface area contributed by atoms with Crippen molar-refractivity contribution >= 4 is 5.69 Å². The number of benzene rings is 1. The maximum Gasteiger partial charge on any atom is 0.184 e. The van der Waals surface area contributed by atoms with Crippen LogP contribution in [0.3, 0.4) is 0 Å². The van der Waals surface area contributed by atoms with Gasteiger partial charge in [0.25, 0.3) is 0 Å². The largest absolute Gasteiger partial charge is 0.466 e. The van der Waals surface area contributed by atoms with Gasteiger partial charge in [0.2, 0.25) is 0 Å². The van der Waals surface area contributed by atoms with Gasteiger partial charge in [0.1, 0.15) is 5.76 Å². The molecule has 0 amide bonds. The Morgan fingerprint density at radius 1 is 1.25 bits per heavy atom. The summed E-state index contributed by atoms with van der Waals surface area (Å²) in [5.41, 5.74) is 2.79. The van der Waals surface area contributed by atoms with Crippen molar-refractivity contribution < 1.29 is 8.81 Å². The second-order valence-electron chi connectivity index (χ2n) is 3.94. The van der Waals surface area contributed by atoms with E-state index < -0.39 is 6.17 Å². The van der Waals surface area contributed by atoms with Crippen molar-refractivity contribution in [2.24, 2.45) is 0 Å². The summed E-state index contributed by atoms with van der Waals surface area (Å²) in [7, 11) is 0. The molecule has 3 rings (SSSR count). The zero-order chi connectivity index (χ0) is 11.0. The Bertz CT molecular complexity index is 493. The molecule has 2 nitrogen and oxygen atoms in total. The van der Waals surface area contributed by atoms with E-state index in [2.05, 4.69) is 5.32 Å². The first-order valence-electron chi connectivity index (χ1n) is 5.39. The Kier molecular flexibility index (Phi) is 2.17. The van der Waals surface area contributed by atoms with Crippen molar-refractivity contribution in [2.45, 2.75) is 12.6 Å². The minimum absolute atomic E-state index is 0.363. The van der Waals surface area contributed by atoms with Gasteiger partial charge in [-0.15, -0.1) is 0 Å². The highest BCUT2D eigenvalue weighted by Crippen LogP contribution is 2.36. The van der Waals surface area contributed by atoms with Gasteiger partial charge in [-0.2, -0.15) is 0 Å². The van der Waals surface area contributed by atoms with Crippen LogP contribution < -0.4 is 5.32 Å². The van der Waals surface area contributed by atoms with Gasteiger partial charge in [0.05, 0.1) is 6.26 Å². The fraction of sp³-hybridized carbons (Fsp3) is 0.231. The molecular formula is C13H12FNO. The van der Waals surface area contributed by atoms with E-state index in [-0.39, 0.29) is 0 Å². The zero-order valence-corrected chi connectivity index (χ0v) is 8.74. The molecule has 1 unspecified atom stereocenters. The summed E-state index contributed by atoms with van der Waals surface area (Å²) in [5.74, 6) is 0.363. The normalized spacial score (nSPS) is 15.6. The first-order chi connectivity index (χ1) is 7.86. The van der Waals surface area contributed by atoms with E-state index in [0.717, 1.165) is 18.7 Å². The first kappa shape index (κ1) is 9.46. The van der Waals surface area contributed by atoms with Crippen LogP contribution >= 0.6 is 0 Å². The number of hydrogen-bond acceptors (Lipinski definition) is 2. The fourth-order valence-electron chi connectivity index (χ4n) is 2.17. The van der Waals surface area contributed by atoms with Crippen LogP contribution in [-0.2, 0) is 6.42 Å². The standard InChI is InChI=1S/C13H12FNO/c14-12(11-5-2-8-16-11)10-4-1-3-9-6-7-15-13(9)10/h1-5,8,12,15H,6-7H2. The molecule has 0 saturated heterocycles. The summed E-state index contributed by atoms with van der Waals surface area (Å²) in [5, 5.41) is 3.23. The molecule has 16 heavy (non-hydrogen) atoms. The highest BCUT2D eigenvalue weighted by Gasteiger charge is 2.22. The van der Waals surface area contributed by atoms with Crippen LogP contribution in [0.25, 0.3) is 0 Å². The summed E-state index contributed by atoms with van der Waals surface area (Å²) in [4.78, 5) is 0. The van der Waals surface area contributed by atoms with Gasteiger partial charge in [0.15, 0.2) is 6.17 Å². The van der Waals surface area contributed by atoms with Crippen LogP contribution in [0.1, 0.15) is 23.1 Å². The molecule has 0 radical (unpaired) electrons. The molecule has 0 aliphatic carbocycles. The number of hydrogen-bond donors (Lipinski definition) is 1. The number of rotatable bonds is 2. The van der Waals surface area contributed by atoms with Crippen molar-refractivity contribution in [3.63, 3.8) is 0 Å². The van der Waals surface area contributed by atoms with Gasteiger partial charge in [0, 0.05) is 17.8 Å². The van der Waals surface area contributed by atoms with Gasteiger partial charge in [-0.1, -0.05) is 18.2 Å². The average Bonchev–Trinajstić information content (AvgIpc) is 2.98. The summed E-state index contributed by atoms with van der Waals surface area (Å²) < 4.78 is 19.3. The lowest BCUT2D eigenvalue weighted by molar-refractivity contribution is 0.333. The first-order valence-corrected chi connectivity index (χ1v) is 5.39. The molecule has 0 bridgehead atoms. The molecule has 0 saturated carbocycles. The Morgan fingerprint density at radius 3 is 3.00 bits per heavy atom. The van der Waals surface area contributed by atoms with E-state index in [0.29, 0.717) is 11.3 Å². The Morgan fingerprint density at radius 2 is 2.19 bits per heavy atom. The van der Waals surface area contributed by atoms with E-state index in [9.17, 15) is 4.39 Å². The third kappa shape index (κ3) is 1.40. The Balaban J connectivity index is 2.04. The topological polar surface area (TPSA) is 25.2 Å². The molecule has 1 aliphatic heterocycles. The fourth-order valence-corrected chi connectivity index (χ4v) is 2.17. The quantitative estimate of drug-likeness (QED) is 0.834. The van der Waals surface area contributed by atoms with Crippen molar-refractivity contribution in [2.75, 3.05) is 11.9 Å². The molecule has 1 N–H and O–H groups in total. The molecule has 82 valence electrons. The average molecular weight is 217 g/mol. The van der Waals surface area contributed by atoms with E-state index in [1.54, 1.807) is 12.1 Å². The van der Waals surface area contributed by atoms with Gasteiger partial charge < -0.3 is 9.73 Å². The molecule has 2 aromatic rings. The van der Waals surface area contributed by atoms with Crippen molar-refractivity contribution in [3.05, 3.63) is 53.5 Å². The number of furan rings is 1. The van der Waals surface area contributed by atoms with E-state index in [4.69, 9.17) is 4.42 Å². The second-order valence-corrected chi connectivity index (χ2v) is 3.94. The maximum atomic E-state index is 14.2. The molecule has 1 aromatic carbocycles. The Hall–Kier alpha value is -1.77. The van der Waals surface area contributed by atoms with Crippen molar-refractivity contribution in [1.29, 1.82) is 0 Å². The predicted octanol–water partition coefficient (Wildman–Crippen LogP) is 3.31. The summed E-state index contributed by atoms with van der Waals surface area (Å²) >= 11 is 0. The number of alkyl halides is 1. The molecule has 0 spiro atoms. The number of fused-ring (bicyclic) bond motifs is 1. The summed E-state index contributed by atoms with van der Waals surface area (Å²) in [6, 6.07) is 9.12. The third-order valence-electron chi connectivity index (χ3n) is 2.95. The molecule has 3 heteroatoms. The highest BCUT2D eigenvalue weighted by molar-refractivity contribution is 5.62. The molecule has 1 atom stereocenters. The lowest BCUT2D eigenvalue weighted by atomic mass is 10.0. The van der Waals surface area contributed by atoms with Gasteiger partial charge >= 0.3 is 0 Å². The predicted molar refractivity (Wildman–Crippen MR) is 60.3 cm³/mol. The molecule has 2 heterocycles. The number of para-hydroxylation sites is 1. The minimum Gasteiger partial charge on any atom is -0.466 e. The van der Waals surface area contributed by atoms with Crippen LogP contribution in [-0.4, -0.2) is 6.54 Å². The summed E-state index contributed by atoms with van der Waals surface area (Å²) in [6.45, 7) is 0.886. The zero-order valence-electron chi connectivity index (χ0n) is 8.74. The van der Waals surface area contributed by atoms with Crippen LogP contribution in [0, 0.1) is 0 Å². The minimum atomic E-state index is -1.18. The second kappa shape index (κ2) is 3.67. The molecule has 1 aromatic heterocycles. The lowest BCUT2D eigenvalue weighted by Crippen LogP contribution is -1.99. The number of anilines is 1. The van der Waals surface area contributed by atoms with E-state index in [1.165, 1.54) is 11.8 Å². The van der Waals surface area contributed by atoms with Crippen LogP contribution in [0.4, 0.5) is 10.1 Å². The van der Waals surface area contributed by atoms with Crippen LogP contribution in [0.15, 0.2) is 41.0 Å². The van der Waals surface area contributed by atoms with Crippen molar-refractivity contribution in [1.82, 2.24) is 0 Å². The highest BCUT2D eigenvalue weighted by atomic mass is 19.1. The Labute approximate surface area is 93.1 Å². The van der Waals surface area contributed by atoms with Gasteiger partial charge in [-0.25, -0.2) is 4.39 Å². The third-order valence-corrected chi connectivity index (χ3v) is 2.95. The maximum absolute atomic E-state index is 14.2. The van der Waals surface area contributed by atoms with Crippen LogP contribution in [0.5, 0.6) is 0 Å².